The Labute approximate surface area is 83.8 Å². The summed E-state index contributed by atoms with van der Waals surface area (Å²) < 4.78 is 31.9. The molecule has 0 aromatic heterocycles. The summed E-state index contributed by atoms with van der Waals surface area (Å²) in [6.07, 6.45) is 0. The molecule has 0 amide bonds. The van der Waals surface area contributed by atoms with Gasteiger partial charge in [-0.25, -0.2) is 0 Å². The molecule has 4 nitrogen and oxygen atoms in total. The van der Waals surface area contributed by atoms with E-state index in [0.29, 0.717) is 0 Å². The molecule has 1 radical (unpaired) electrons. The van der Waals surface area contributed by atoms with E-state index in [1.54, 1.807) is 0 Å². The molecule has 9 heavy (non-hydrogen) atoms. The molecule has 0 saturated carbocycles. The first-order valence-electron chi connectivity index (χ1n) is 0.698. The standard InChI is InChI=1S/3ClH.2Cr.2H2O.2O/h3*1H;;;2*1H2;;/q;;;+2;+3;;;;/p-5. The van der Waals surface area contributed by atoms with Crippen molar-refractivity contribution in [2.75, 3.05) is 0 Å². The van der Waals surface area contributed by atoms with Gasteiger partial charge in [0.15, 0.2) is 0 Å². The predicted octanol–water partition coefficient (Wildman–Crippen LogP) is -10.3. The second-order valence-electron chi connectivity index (χ2n) is 0.448. The molecule has 0 atom stereocenters. The van der Waals surface area contributed by atoms with Crippen LogP contribution in [0.5, 0.6) is 0 Å². The third kappa shape index (κ3) is 248. The topological polar surface area (TPSA) is 74.6 Å². The van der Waals surface area contributed by atoms with Crippen LogP contribution in [-0.2, 0) is 38.6 Å². The van der Waals surface area contributed by atoms with Crippen molar-refractivity contribution in [3.8, 4) is 0 Å². The van der Waals surface area contributed by atoms with Crippen LogP contribution in [-0.4, -0.2) is 8.32 Å². The number of halogens is 3. The predicted molar refractivity (Wildman–Crippen MR) is 5.81 cm³/mol. The van der Waals surface area contributed by atoms with E-state index in [4.69, 9.17) is 15.9 Å². The first kappa shape index (κ1) is 31.4. The first-order valence-corrected chi connectivity index (χ1v) is 2.88. The zero-order valence-electron chi connectivity index (χ0n) is 3.66. The molecule has 0 aromatic rings. The molecule has 0 fully saturated rings. The Morgan fingerprint density at radius 3 is 0.889 bits per heavy atom. The normalized spacial score (nSPS) is 6.44. The van der Waals surface area contributed by atoms with E-state index in [0.717, 1.165) is 0 Å². The van der Waals surface area contributed by atoms with Crippen molar-refractivity contribution in [2.45, 2.75) is 0 Å². The van der Waals surface area contributed by atoms with Crippen LogP contribution in [0.3, 0.4) is 0 Å². The molecule has 0 heterocycles. The van der Waals surface area contributed by atoms with Gasteiger partial charge in [0.1, 0.15) is 0 Å². The van der Waals surface area contributed by atoms with Crippen molar-refractivity contribution < 1.29 is 84.1 Å². The van der Waals surface area contributed by atoms with Gasteiger partial charge in [-0.15, -0.1) is 0 Å². The second-order valence-corrected chi connectivity index (χ2v) is 1.85. The molecule has 0 aliphatic carbocycles. The Hall–Kier alpha value is 1.45. The Morgan fingerprint density at radius 1 is 0.889 bits per heavy atom. The van der Waals surface area contributed by atoms with Crippen LogP contribution in [0.15, 0.2) is 0 Å². The fourth-order valence-electron chi connectivity index (χ4n) is 0. The molecule has 9 heteroatoms. The van der Waals surface area contributed by atoms with Crippen LogP contribution in [0.4, 0.5) is 0 Å². The molecule has 0 aliphatic heterocycles. The Bertz CT molecular complexity index is 97.0. The minimum atomic E-state index is -5.25. The number of rotatable bonds is 0. The van der Waals surface area contributed by atoms with Gasteiger partial charge in [-0.3, -0.25) is 0 Å². The van der Waals surface area contributed by atoms with Crippen molar-refractivity contribution in [1.82, 2.24) is 0 Å². The van der Waals surface area contributed by atoms with Crippen LogP contribution in [0.2, 0.25) is 0 Å². The second kappa shape index (κ2) is 12.2. The van der Waals surface area contributed by atoms with E-state index in [1.807, 2.05) is 0 Å². The molecule has 0 unspecified atom stereocenters. The number of hydrogen-bond acceptors (Lipinski definition) is 2. The van der Waals surface area contributed by atoms with Crippen LogP contribution >= 0.6 is 0 Å². The van der Waals surface area contributed by atoms with Gasteiger partial charge in [0.2, 0.25) is 0 Å². The van der Waals surface area contributed by atoms with E-state index in [2.05, 4.69) is 0 Å². The molecule has 59 valence electrons. The SMILES string of the molecule is [Cl-].[Cl-].[Cl-].[Cr+3].[O]=[Cr](=[O])([OH])[OH]. The summed E-state index contributed by atoms with van der Waals surface area (Å²) in [7, 11) is 0. The Morgan fingerprint density at radius 2 is 0.889 bits per heavy atom. The molecule has 2 N–H and O–H groups in total. The molecule has 0 spiro atoms. The molecule has 0 aliphatic rings. The summed E-state index contributed by atoms with van der Waals surface area (Å²) in [5.74, 6) is 0. The zero-order chi connectivity index (χ0) is 4.50. The van der Waals surface area contributed by atoms with Crippen molar-refractivity contribution in [3.05, 3.63) is 0 Å². The average molecular weight is 276 g/mol. The third-order valence-electron chi connectivity index (χ3n) is 0. The summed E-state index contributed by atoms with van der Waals surface area (Å²) in [4.78, 5) is 0. The maximum absolute atomic E-state index is 8.82. The molecule has 0 bridgehead atoms. The summed E-state index contributed by atoms with van der Waals surface area (Å²) >= 11 is -5.25. The average Bonchev–Trinajstić information content (AvgIpc) is 0.722. The Kier molecular flexibility index (Phi) is 42.4. The molecule has 0 saturated heterocycles. The summed E-state index contributed by atoms with van der Waals surface area (Å²) in [5.41, 5.74) is 0. The van der Waals surface area contributed by atoms with Gasteiger partial charge < -0.3 is 37.2 Å². The van der Waals surface area contributed by atoms with Crippen molar-refractivity contribution in [2.24, 2.45) is 0 Å². The van der Waals surface area contributed by atoms with E-state index in [9.17, 15) is 0 Å². The minimum absolute atomic E-state index is 0. The van der Waals surface area contributed by atoms with Gasteiger partial charge in [0.25, 0.3) is 0 Å². The van der Waals surface area contributed by atoms with Gasteiger partial charge in [0, 0.05) is 0 Å². The fourth-order valence-corrected chi connectivity index (χ4v) is 0. The Balaban J connectivity index is -0.0000000133. The third-order valence-corrected chi connectivity index (χ3v) is 0. The molecule has 0 aromatic carbocycles. The van der Waals surface area contributed by atoms with Crippen molar-refractivity contribution in [3.63, 3.8) is 0 Å². The quantitative estimate of drug-likeness (QED) is 0.461. The summed E-state index contributed by atoms with van der Waals surface area (Å²) in [5, 5.41) is 0. The molecular weight excluding hydrogens is 274 g/mol. The molecule has 0 rings (SSSR count). The van der Waals surface area contributed by atoms with Gasteiger partial charge in [-0.05, 0) is 0 Å². The van der Waals surface area contributed by atoms with Gasteiger partial charge in [-0.2, -0.15) is 0 Å². The van der Waals surface area contributed by atoms with Crippen LogP contribution < -0.4 is 37.2 Å². The van der Waals surface area contributed by atoms with E-state index in [1.165, 1.54) is 0 Å². The van der Waals surface area contributed by atoms with Gasteiger partial charge in [-0.1, -0.05) is 0 Å². The summed E-state index contributed by atoms with van der Waals surface area (Å²) in [6.45, 7) is 0. The van der Waals surface area contributed by atoms with Crippen LogP contribution in [0.25, 0.3) is 0 Å². The fraction of sp³-hybridized carbons (Fsp3) is 0. The first-order chi connectivity index (χ1) is 2.00. The zero-order valence-corrected chi connectivity index (χ0v) is 8.48. The van der Waals surface area contributed by atoms with Crippen LogP contribution in [0, 0.1) is 0 Å². The van der Waals surface area contributed by atoms with E-state index < -0.39 is 13.6 Å². The van der Waals surface area contributed by atoms with Gasteiger partial charge in [0.05, 0.1) is 0 Å². The van der Waals surface area contributed by atoms with E-state index >= 15 is 0 Å². The number of hydrogen-bond donors (Lipinski definition) is 2. The van der Waals surface area contributed by atoms with Crippen LogP contribution in [0.1, 0.15) is 0 Å². The van der Waals surface area contributed by atoms with Gasteiger partial charge >= 0.3 is 46.9 Å². The molecular formula is H2Cl3Cr2O4. The maximum atomic E-state index is 8.82. The van der Waals surface area contributed by atoms with E-state index in [-0.39, 0.29) is 54.6 Å². The monoisotopic (exact) mass is 275 g/mol. The van der Waals surface area contributed by atoms with Crippen molar-refractivity contribution in [1.29, 1.82) is 0 Å². The van der Waals surface area contributed by atoms with Crippen molar-refractivity contribution >= 4 is 0 Å². The summed E-state index contributed by atoms with van der Waals surface area (Å²) in [6, 6.07) is 0.